The molecule has 1 fully saturated rings. The predicted molar refractivity (Wildman–Crippen MR) is 77.8 cm³/mol. The van der Waals surface area contributed by atoms with E-state index in [1.165, 1.54) is 22.1 Å². The van der Waals surface area contributed by atoms with Crippen molar-refractivity contribution in [3.63, 3.8) is 0 Å². The van der Waals surface area contributed by atoms with E-state index in [1.807, 2.05) is 0 Å². The number of benzene rings is 1. The Morgan fingerprint density at radius 2 is 2.06 bits per heavy atom. The highest BCUT2D eigenvalue weighted by Crippen LogP contribution is 2.27. The largest absolute Gasteiger partial charge is 0.365 e. The van der Waals surface area contributed by atoms with Crippen molar-refractivity contribution in [1.29, 1.82) is 0 Å². The molecule has 1 saturated heterocycles. The van der Waals surface area contributed by atoms with Crippen LogP contribution in [0.5, 0.6) is 0 Å². The summed E-state index contributed by atoms with van der Waals surface area (Å²) in [7, 11) is 0. The second-order valence-electron chi connectivity index (χ2n) is 5.03. The number of rotatable bonds is 1. The van der Waals surface area contributed by atoms with Crippen LogP contribution < -0.4 is 10.2 Å². The number of hydrogen-bond donors (Lipinski definition) is 1. The first-order valence-electron chi connectivity index (χ1n) is 6.35. The van der Waals surface area contributed by atoms with Crippen LogP contribution in [0.3, 0.4) is 0 Å². The first kappa shape index (κ1) is 12.9. The van der Waals surface area contributed by atoms with Gasteiger partial charge in [-0.2, -0.15) is 0 Å². The molecule has 2 nitrogen and oxygen atoms in total. The predicted octanol–water partition coefficient (Wildman–Crippen LogP) is 3.33. The lowest BCUT2D eigenvalue weighted by molar-refractivity contribution is 0.575. The molecule has 0 amide bonds. The molecule has 0 spiro atoms. The van der Waals surface area contributed by atoms with Crippen LogP contribution in [0.1, 0.15) is 25.8 Å². The molecule has 1 N–H and O–H groups in total. The minimum Gasteiger partial charge on any atom is -0.365 e. The minimum atomic E-state index is 0.549. The molecule has 0 saturated carbocycles. The van der Waals surface area contributed by atoms with Crippen molar-refractivity contribution in [3.05, 3.63) is 28.2 Å². The molecule has 3 heteroatoms. The Bertz CT molecular complexity index is 380. The van der Waals surface area contributed by atoms with Crippen molar-refractivity contribution in [1.82, 2.24) is 5.32 Å². The lowest BCUT2D eigenvalue weighted by Gasteiger charge is -2.35. The van der Waals surface area contributed by atoms with Crippen LogP contribution in [-0.4, -0.2) is 25.2 Å². The second-order valence-corrected chi connectivity index (χ2v) is 5.89. The standard InChI is InChI=1S/C14H21BrN2/c1-10-8-13(4-5-14(10)15)17-11(2)6-7-16-9-12(17)3/h4-5,8,11-12,16H,6-7,9H2,1-3H3. The summed E-state index contributed by atoms with van der Waals surface area (Å²) in [5.74, 6) is 0. The van der Waals surface area contributed by atoms with Gasteiger partial charge >= 0.3 is 0 Å². The molecule has 0 aromatic heterocycles. The molecule has 94 valence electrons. The van der Waals surface area contributed by atoms with Gasteiger partial charge in [0.1, 0.15) is 0 Å². The fourth-order valence-electron chi connectivity index (χ4n) is 2.59. The van der Waals surface area contributed by atoms with Crippen molar-refractivity contribution in [3.8, 4) is 0 Å². The van der Waals surface area contributed by atoms with Crippen LogP contribution in [0.4, 0.5) is 5.69 Å². The lowest BCUT2D eigenvalue weighted by Crippen LogP contribution is -2.41. The number of nitrogens with zero attached hydrogens (tertiary/aromatic N) is 1. The van der Waals surface area contributed by atoms with Gasteiger partial charge in [-0.15, -0.1) is 0 Å². The van der Waals surface area contributed by atoms with Gasteiger partial charge < -0.3 is 10.2 Å². The lowest BCUT2D eigenvalue weighted by atomic mass is 10.1. The van der Waals surface area contributed by atoms with E-state index < -0.39 is 0 Å². The van der Waals surface area contributed by atoms with Crippen LogP contribution in [-0.2, 0) is 0 Å². The molecule has 17 heavy (non-hydrogen) atoms. The van der Waals surface area contributed by atoms with Crippen LogP contribution >= 0.6 is 15.9 Å². The summed E-state index contributed by atoms with van der Waals surface area (Å²) in [6, 6.07) is 7.80. The highest BCUT2D eigenvalue weighted by molar-refractivity contribution is 9.10. The Hall–Kier alpha value is -0.540. The smallest absolute Gasteiger partial charge is 0.0389 e. The maximum atomic E-state index is 3.57. The Kier molecular flexibility index (Phi) is 4.10. The number of halogens is 1. The van der Waals surface area contributed by atoms with Gasteiger partial charge in [0, 0.05) is 28.8 Å². The molecule has 2 unspecified atom stereocenters. The average Bonchev–Trinajstić information content (AvgIpc) is 2.45. The molecule has 0 aliphatic carbocycles. The summed E-state index contributed by atoms with van der Waals surface area (Å²) in [5.41, 5.74) is 2.65. The van der Waals surface area contributed by atoms with Gasteiger partial charge in [0.15, 0.2) is 0 Å². The van der Waals surface area contributed by atoms with E-state index >= 15 is 0 Å². The zero-order valence-corrected chi connectivity index (χ0v) is 12.4. The summed E-state index contributed by atoms with van der Waals surface area (Å²) >= 11 is 3.57. The molecule has 2 rings (SSSR count). The normalized spacial score (nSPS) is 25.8. The van der Waals surface area contributed by atoms with Crippen LogP contribution in [0.15, 0.2) is 22.7 Å². The maximum absolute atomic E-state index is 3.57. The first-order chi connectivity index (χ1) is 8.09. The zero-order valence-electron chi connectivity index (χ0n) is 10.8. The van der Waals surface area contributed by atoms with Gasteiger partial charge in [-0.1, -0.05) is 15.9 Å². The van der Waals surface area contributed by atoms with Crippen molar-refractivity contribution in [2.24, 2.45) is 0 Å². The summed E-state index contributed by atoms with van der Waals surface area (Å²) in [6.45, 7) is 8.96. The van der Waals surface area contributed by atoms with Gasteiger partial charge in [-0.3, -0.25) is 0 Å². The molecular weight excluding hydrogens is 276 g/mol. The average molecular weight is 297 g/mol. The molecule has 0 radical (unpaired) electrons. The third kappa shape index (κ3) is 2.83. The van der Waals surface area contributed by atoms with Gasteiger partial charge in [0.2, 0.25) is 0 Å². The number of hydrogen-bond acceptors (Lipinski definition) is 2. The number of anilines is 1. The molecule has 1 aliphatic heterocycles. The third-order valence-electron chi connectivity index (χ3n) is 3.57. The van der Waals surface area contributed by atoms with E-state index in [4.69, 9.17) is 0 Å². The Morgan fingerprint density at radius 3 is 2.76 bits per heavy atom. The van der Waals surface area contributed by atoms with E-state index in [9.17, 15) is 0 Å². The first-order valence-corrected chi connectivity index (χ1v) is 7.14. The van der Waals surface area contributed by atoms with Crippen LogP contribution in [0.25, 0.3) is 0 Å². The summed E-state index contributed by atoms with van der Waals surface area (Å²) < 4.78 is 1.19. The van der Waals surface area contributed by atoms with Crippen molar-refractivity contribution >= 4 is 21.6 Å². The molecule has 1 aromatic carbocycles. The summed E-state index contributed by atoms with van der Waals surface area (Å²) in [6.07, 6.45) is 1.21. The van der Waals surface area contributed by atoms with Gasteiger partial charge in [-0.25, -0.2) is 0 Å². The molecule has 2 atom stereocenters. The van der Waals surface area contributed by atoms with Gasteiger partial charge in [-0.05, 0) is 57.5 Å². The summed E-state index contributed by atoms with van der Waals surface area (Å²) in [4.78, 5) is 2.54. The van der Waals surface area contributed by atoms with Gasteiger partial charge in [0.25, 0.3) is 0 Å². The molecule has 1 heterocycles. The van der Waals surface area contributed by atoms with E-state index in [1.54, 1.807) is 0 Å². The van der Waals surface area contributed by atoms with Gasteiger partial charge in [0.05, 0.1) is 0 Å². The van der Waals surface area contributed by atoms with E-state index in [-0.39, 0.29) is 0 Å². The molecule has 1 aromatic rings. The molecular formula is C14H21BrN2. The SMILES string of the molecule is Cc1cc(N2C(C)CCNCC2C)ccc1Br. The monoisotopic (exact) mass is 296 g/mol. The van der Waals surface area contributed by atoms with E-state index in [0.717, 1.165) is 13.1 Å². The third-order valence-corrected chi connectivity index (χ3v) is 4.46. The second kappa shape index (κ2) is 5.40. The number of nitrogens with one attached hydrogen (secondary N) is 1. The Morgan fingerprint density at radius 1 is 1.29 bits per heavy atom. The highest BCUT2D eigenvalue weighted by Gasteiger charge is 2.23. The number of aryl methyl sites for hydroxylation is 1. The Labute approximate surface area is 113 Å². The zero-order chi connectivity index (χ0) is 12.4. The summed E-state index contributed by atoms with van der Waals surface area (Å²) in [5, 5.41) is 3.50. The van der Waals surface area contributed by atoms with E-state index in [0.29, 0.717) is 12.1 Å². The fraction of sp³-hybridized carbons (Fsp3) is 0.571. The quantitative estimate of drug-likeness (QED) is 0.855. The highest BCUT2D eigenvalue weighted by atomic mass is 79.9. The van der Waals surface area contributed by atoms with Crippen molar-refractivity contribution in [2.75, 3.05) is 18.0 Å². The van der Waals surface area contributed by atoms with E-state index in [2.05, 4.69) is 65.1 Å². The maximum Gasteiger partial charge on any atom is 0.0389 e. The molecule has 1 aliphatic rings. The minimum absolute atomic E-state index is 0.549. The Balaban J connectivity index is 2.31. The van der Waals surface area contributed by atoms with Crippen LogP contribution in [0.2, 0.25) is 0 Å². The molecule has 0 bridgehead atoms. The fourth-order valence-corrected chi connectivity index (χ4v) is 2.84. The van der Waals surface area contributed by atoms with Crippen LogP contribution in [0, 0.1) is 6.92 Å². The van der Waals surface area contributed by atoms with Crippen molar-refractivity contribution < 1.29 is 0 Å². The van der Waals surface area contributed by atoms with Crippen molar-refractivity contribution in [2.45, 2.75) is 39.3 Å². The topological polar surface area (TPSA) is 15.3 Å².